The van der Waals surface area contributed by atoms with Gasteiger partial charge in [-0.05, 0) is 38.3 Å². The largest absolute Gasteiger partial charge is 0.372 e. The number of hydrogen-bond donors (Lipinski definition) is 0. The molecular formula is C29H53N. The quantitative estimate of drug-likeness (QED) is 0.181. The van der Waals surface area contributed by atoms with Crippen molar-refractivity contribution in [3.63, 3.8) is 0 Å². The molecular weight excluding hydrogens is 362 g/mol. The second kappa shape index (κ2) is 20.0. The standard InChI is InChI=1S/C29H53N/c1-4-7-8-9-10-11-12-13-14-15-16-17-18-19-20-21-22-25-28-26-23-24-27-29(28)30(5-2)6-3/h23-24,26-27H,4-22,25H2,1-3H3. The minimum atomic E-state index is 1.10. The fourth-order valence-corrected chi connectivity index (χ4v) is 4.64. The van der Waals surface area contributed by atoms with Crippen LogP contribution in [-0.2, 0) is 6.42 Å². The first-order chi connectivity index (χ1) is 14.8. The van der Waals surface area contributed by atoms with Crippen LogP contribution in [-0.4, -0.2) is 13.1 Å². The maximum Gasteiger partial charge on any atom is 0.0398 e. The van der Waals surface area contributed by atoms with E-state index in [-0.39, 0.29) is 0 Å². The van der Waals surface area contributed by atoms with E-state index < -0.39 is 0 Å². The Morgan fingerprint density at radius 1 is 0.500 bits per heavy atom. The van der Waals surface area contributed by atoms with Gasteiger partial charge >= 0.3 is 0 Å². The van der Waals surface area contributed by atoms with E-state index in [0.717, 1.165) is 13.1 Å². The fourth-order valence-electron chi connectivity index (χ4n) is 4.64. The molecule has 174 valence electrons. The molecule has 0 aliphatic carbocycles. The van der Waals surface area contributed by atoms with Crippen molar-refractivity contribution >= 4 is 5.69 Å². The number of nitrogens with zero attached hydrogens (tertiary/aromatic N) is 1. The number of hydrogen-bond acceptors (Lipinski definition) is 1. The van der Waals surface area contributed by atoms with Crippen LogP contribution in [0.2, 0.25) is 0 Å². The first kappa shape index (κ1) is 27.1. The topological polar surface area (TPSA) is 3.24 Å². The van der Waals surface area contributed by atoms with Gasteiger partial charge in [0, 0.05) is 18.8 Å². The van der Waals surface area contributed by atoms with Crippen molar-refractivity contribution in [3.05, 3.63) is 29.8 Å². The molecule has 0 N–H and O–H groups in total. The van der Waals surface area contributed by atoms with Crippen LogP contribution in [0.3, 0.4) is 0 Å². The Hall–Kier alpha value is -0.980. The van der Waals surface area contributed by atoms with Crippen molar-refractivity contribution in [1.29, 1.82) is 0 Å². The molecule has 1 nitrogen and oxygen atoms in total. The molecule has 0 heterocycles. The van der Waals surface area contributed by atoms with Gasteiger partial charge in [-0.1, -0.05) is 128 Å². The number of aryl methyl sites for hydroxylation is 1. The highest BCUT2D eigenvalue weighted by Crippen LogP contribution is 2.22. The summed E-state index contributed by atoms with van der Waals surface area (Å²) in [6.07, 6.45) is 25.8. The molecule has 0 aromatic heterocycles. The second-order valence-electron chi connectivity index (χ2n) is 9.21. The summed E-state index contributed by atoms with van der Waals surface area (Å²) in [6.45, 7) is 9.03. The number of rotatable bonds is 21. The summed E-state index contributed by atoms with van der Waals surface area (Å²) in [7, 11) is 0. The Labute approximate surface area is 190 Å². The van der Waals surface area contributed by atoms with Crippen LogP contribution in [0.1, 0.15) is 135 Å². The minimum Gasteiger partial charge on any atom is -0.372 e. The molecule has 1 rings (SSSR count). The number of unbranched alkanes of at least 4 members (excludes halogenated alkanes) is 16. The first-order valence-electron chi connectivity index (χ1n) is 13.7. The highest BCUT2D eigenvalue weighted by molar-refractivity contribution is 5.53. The smallest absolute Gasteiger partial charge is 0.0398 e. The minimum absolute atomic E-state index is 1.10. The van der Waals surface area contributed by atoms with E-state index in [4.69, 9.17) is 0 Å². The molecule has 0 aliphatic rings. The summed E-state index contributed by atoms with van der Waals surface area (Å²) in [5, 5.41) is 0. The van der Waals surface area contributed by atoms with Crippen molar-refractivity contribution in [1.82, 2.24) is 0 Å². The van der Waals surface area contributed by atoms with Gasteiger partial charge in [-0.3, -0.25) is 0 Å². The molecule has 0 spiro atoms. The van der Waals surface area contributed by atoms with Crippen LogP contribution in [0.5, 0.6) is 0 Å². The lowest BCUT2D eigenvalue weighted by atomic mass is 10.0. The van der Waals surface area contributed by atoms with Gasteiger partial charge in [0.05, 0.1) is 0 Å². The van der Waals surface area contributed by atoms with Gasteiger partial charge in [0.2, 0.25) is 0 Å². The van der Waals surface area contributed by atoms with Crippen LogP contribution in [0.15, 0.2) is 24.3 Å². The summed E-state index contributed by atoms with van der Waals surface area (Å²) in [5.74, 6) is 0. The van der Waals surface area contributed by atoms with Gasteiger partial charge in [0.1, 0.15) is 0 Å². The van der Waals surface area contributed by atoms with Gasteiger partial charge in [-0.25, -0.2) is 0 Å². The summed E-state index contributed by atoms with van der Waals surface area (Å²) >= 11 is 0. The molecule has 0 unspecified atom stereocenters. The lowest BCUT2D eigenvalue weighted by molar-refractivity contribution is 0.527. The van der Waals surface area contributed by atoms with Crippen LogP contribution in [0.25, 0.3) is 0 Å². The van der Waals surface area contributed by atoms with Crippen LogP contribution < -0.4 is 4.90 Å². The SMILES string of the molecule is CCCCCCCCCCCCCCCCCCCc1ccccc1N(CC)CC. The van der Waals surface area contributed by atoms with Crippen molar-refractivity contribution in [2.45, 2.75) is 136 Å². The van der Waals surface area contributed by atoms with Gasteiger partial charge < -0.3 is 4.90 Å². The maximum absolute atomic E-state index is 2.49. The van der Waals surface area contributed by atoms with Crippen molar-refractivity contribution in [2.75, 3.05) is 18.0 Å². The molecule has 1 heteroatoms. The molecule has 0 atom stereocenters. The molecule has 1 aromatic rings. The van der Waals surface area contributed by atoms with Gasteiger partial charge in [0.15, 0.2) is 0 Å². The highest BCUT2D eigenvalue weighted by Gasteiger charge is 2.07. The zero-order chi connectivity index (χ0) is 21.7. The van der Waals surface area contributed by atoms with Crippen LogP contribution in [0.4, 0.5) is 5.69 Å². The summed E-state index contributed by atoms with van der Waals surface area (Å²) in [5.41, 5.74) is 3.00. The van der Waals surface area contributed by atoms with Crippen molar-refractivity contribution in [2.24, 2.45) is 0 Å². The monoisotopic (exact) mass is 415 g/mol. The number of para-hydroxylation sites is 1. The summed E-state index contributed by atoms with van der Waals surface area (Å²) in [4.78, 5) is 2.49. The van der Waals surface area contributed by atoms with Gasteiger partial charge in [0.25, 0.3) is 0 Å². The molecule has 0 fully saturated rings. The zero-order valence-corrected chi connectivity index (χ0v) is 20.9. The molecule has 0 amide bonds. The van der Waals surface area contributed by atoms with Gasteiger partial charge in [-0.15, -0.1) is 0 Å². The molecule has 0 aliphatic heterocycles. The fraction of sp³-hybridized carbons (Fsp3) is 0.793. The van der Waals surface area contributed by atoms with E-state index in [1.54, 1.807) is 5.56 Å². The maximum atomic E-state index is 2.49. The zero-order valence-electron chi connectivity index (χ0n) is 20.9. The van der Waals surface area contributed by atoms with Crippen LogP contribution >= 0.6 is 0 Å². The van der Waals surface area contributed by atoms with E-state index >= 15 is 0 Å². The third-order valence-corrected chi connectivity index (χ3v) is 6.65. The highest BCUT2D eigenvalue weighted by atomic mass is 15.1. The van der Waals surface area contributed by atoms with Crippen molar-refractivity contribution < 1.29 is 0 Å². The van der Waals surface area contributed by atoms with Crippen molar-refractivity contribution in [3.8, 4) is 0 Å². The van der Waals surface area contributed by atoms with E-state index in [1.165, 1.54) is 121 Å². The molecule has 0 saturated carbocycles. The number of anilines is 1. The first-order valence-corrected chi connectivity index (χ1v) is 13.7. The number of benzene rings is 1. The predicted octanol–water partition coefficient (Wildman–Crippen LogP) is 9.73. The Morgan fingerprint density at radius 2 is 0.900 bits per heavy atom. The lowest BCUT2D eigenvalue weighted by Crippen LogP contribution is -2.23. The van der Waals surface area contributed by atoms with Crippen LogP contribution in [0, 0.1) is 0 Å². The third-order valence-electron chi connectivity index (χ3n) is 6.65. The average molecular weight is 416 g/mol. The Kier molecular flexibility index (Phi) is 18.0. The Morgan fingerprint density at radius 3 is 1.33 bits per heavy atom. The Bertz CT molecular complexity index is 477. The Balaban J connectivity index is 1.91. The summed E-state index contributed by atoms with van der Waals surface area (Å²) in [6, 6.07) is 9.03. The van der Waals surface area contributed by atoms with E-state index in [9.17, 15) is 0 Å². The second-order valence-corrected chi connectivity index (χ2v) is 9.21. The third kappa shape index (κ3) is 13.3. The van der Waals surface area contributed by atoms with E-state index in [1.807, 2.05) is 0 Å². The van der Waals surface area contributed by atoms with E-state index in [2.05, 4.69) is 49.9 Å². The average Bonchev–Trinajstić information content (AvgIpc) is 2.77. The molecule has 30 heavy (non-hydrogen) atoms. The molecule has 0 bridgehead atoms. The predicted molar refractivity (Wildman–Crippen MR) is 138 cm³/mol. The molecule has 0 radical (unpaired) electrons. The van der Waals surface area contributed by atoms with Gasteiger partial charge in [-0.2, -0.15) is 0 Å². The lowest BCUT2D eigenvalue weighted by Gasteiger charge is -2.24. The molecule has 1 aromatic carbocycles. The molecule has 0 saturated heterocycles. The normalized spacial score (nSPS) is 11.2. The summed E-state index contributed by atoms with van der Waals surface area (Å²) < 4.78 is 0. The van der Waals surface area contributed by atoms with E-state index in [0.29, 0.717) is 0 Å².